The molecule has 0 amide bonds. The molecule has 184 valence electrons. The normalized spacial score (nSPS) is 42.0. The van der Waals surface area contributed by atoms with Crippen molar-refractivity contribution in [3.05, 3.63) is 0 Å². The molecular formula is C19H36O12. The van der Waals surface area contributed by atoms with Gasteiger partial charge in [-0.1, -0.05) is 13.8 Å². The van der Waals surface area contributed by atoms with Crippen LogP contribution in [0.5, 0.6) is 0 Å². The van der Waals surface area contributed by atoms with Crippen LogP contribution < -0.4 is 0 Å². The zero-order valence-corrected chi connectivity index (χ0v) is 17.7. The number of ether oxygens (including phenoxy) is 4. The Labute approximate surface area is 180 Å². The van der Waals surface area contributed by atoms with Gasteiger partial charge in [-0.3, -0.25) is 0 Å². The molecule has 2 saturated heterocycles. The first-order valence-electron chi connectivity index (χ1n) is 10.5. The lowest BCUT2D eigenvalue weighted by molar-refractivity contribution is -0.318. The predicted molar refractivity (Wildman–Crippen MR) is 102 cm³/mol. The van der Waals surface area contributed by atoms with E-state index in [1.54, 1.807) is 0 Å². The number of aliphatic hydroxyl groups is 8. The van der Waals surface area contributed by atoms with E-state index in [1.807, 2.05) is 13.8 Å². The molecule has 12 nitrogen and oxygen atoms in total. The lowest BCUT2D eigenvalue weighted by atomic mass is 9.84. The third-order valence-electron chi connectivity index (χ3n) is 6.30. The Morgan fingerprint density at radius 1 is 0.613 bits per heavy atom. The van der Waals surface area contributed by atoms with Gasteiger partial charge in [0.1, 0.15) is 48.8 Å². The van der Waals surface area contributed by atoms with E-state index in [2.05, 4.69) is 0 Å². The molecule has 2 fully saturated rings. The molecular weight excluding hydrogens is 420 g/mol. The number of rotatable bonds is 10. The first-order valence-corrected chi connectivity index (χ1v) is 10.5. The van der Waals surface area contributed by atoms with Crippen LogP contribution in [0.3, 0.4) is 0 Å². The second-order valence-electron chi connectivity index (χ2n) is 8.22. The van der Waals surface area contributed by atoms with E-state index in [9.17, 15) is 40.9 Å². The minimum Gasteiger partial charge on any atom is -0.394 e. The topological polar surface area (TPSA) is 199 Å². The van der Waals surface area contributed by atoms with Crippen LogP contribution >= 0.6 is 0 Å². The Morgan fingerprint density at radius 3 is 1.26 bits per heavy atom. The summed E-state index contributed by atoms with van der Waals surface area (Å²) in [7, 11) is 0. The lowest BCUT2D eigenvalue weighted by Gasteiger charge is -2.43. The zero-order valence-electron chi connectivity index (χ0n) is 17.7. The highest BCUT2D eigenvalue weighted by atomic mass is 16.7. The summed E-state index contributed by atoms with van der Waals surface area (Å²) in [6.07, 6.45) is -12.8. The van der Waals surface area contributed by atoms with Crippen molar-refractivity contribution < 1.29 is 59.8 Å². The van der Waals surface area contributed by atoms with Gasteiger partial charge in [0.25, 0.3) is 0 Å². The van der Waals surface area contributed by atoms with E-state index in [0.717, 1.165) is 0 Å². The Morgan fingerprint density at radius 2 is 0.968 bits per heavy atom. The monoisotopic (exact) mass is 456 g/mol. The molecule has 0 saturated carbocycles. The maximum Gasteiger partial charge on any atom is 0.186 e. The van der Waals surface area contributed by atoms with Crippen LogP contribution in [0, 0.1) is 5.41 Å². The first-order chi connectivity index (χ1) is 14.6. The van der Waals surface area contributed by atoms with Gasteiger partial charge in [0, 0.05) is 5.41 Å². The SMILES string of the molecule is CCC(CC)(CO[C@H]1OC(CO)[C@H](O)[C@@H](O)C1O)CO[C@H]1OC(CO)[C@H](O)[C@@H](O)C1O. The van der Waals surface area contributed by atoms with Crippen LogP contribution in [0.15, 0.2) is 0 Å². The van der Waals surface area contributed by atoms with Gasteiger partial charge in [-0.15, -0.1) is 0 Å². The fraction of sp³-hybridized carbons (Fsp3) is 1.00. The van der Waals surface area contributed by atoms with E-state index in [0.29, 0.717) is 12.8 Å². The summed E-state index contributed by atoms with van der Waals surface area (Å²) in [5.74, 6) is 0. The lowest BCUT2D eigenvalue weighted by Crippen LogP contribution is -2.60. The predicted octanol–water partition coefficient (Wildman–Crippen LogP) is -3.57. The fourth-order valence-corrected chi connectivity index (χ4v) is 3.63. The van der Waals surface area contributed by atoms with Crippen LogP contribution in [-0.4, -0.2) is 129 Å². The average molecular weight is 456 g/mol. The van der Waals surface area contributed by atoms with Crippen molar-refractivity contribution in [2.24, 2.45) is 5.41 Å². The molecule has 0 spiro atoms. The quantitative estimate of drug-likeness (QED) is 0.161. The van der Waals surface area contributed by atoms with Crippen molar-refractivity contribution >= 4 is 0 Å². The Balaban J connectivity index is 2.00. The molecule has 2 rings (SSSR count). The Hall–Kier alpha value is -0.480. The van der Waals surface area contributed by atoms with E-state index in [4.69, 9.17) is 18.9 Å². The molecule has 12 heteroatoms. The molecule has 4 unspecified atom stereocenters. The summed E-state index contributed by atoms with van der Waals surface area (Å²) in [5, 5.41) is 78.4. The first kappa shape index (κ1) is 26.8. The molecule has 2 heterocycles. The molecule has 2 aliphatic rings. The smallest absolute Gasteiger partial charge is 0.186 e. The maximum absolute atomic E-state index is 10.1. The third-order valence-corrected chi connectivity index (χ3v) is 6.30. The van der Waals surface area contributed by atoms with Crippen LogP contribution in [0.2, 0.25) is 0 Å². The maximum atomic E-state index is 10.1. The van der Waals surface area contributed by atoms with Gasteiger partial charge in [-0.25, -0.2) is 0 Å². The largest absolute Gasteiger partial charge is 0.394 e. The van der Waals surface area contributed by atoms with Gasteiger partial charge in [-0.2, -0.15) is 0 Å². The molecule has 8 N–H and O–H groups in total. The van der Waals surface area contributed by atoms with Gasteiger partial charge >= 0.3 is 0 Å². The van der Waals surface area contributed by atoms with Crippen molar-refractivity contribution in [1.29, 1.82) is 0 Å². The second kappa shape index (κ2) is 11.6. The van der Waals surface area contributed by atoms with Gasteiger partial charge in [0.15, 0.2) is 12.6 Å². The summed E-state index contributed by atoms with van der Waals surface area (Å²) < 4.78 is 22.1. The van der Waals surface area contributed by atoms with Gasteiger partial charge in [0.05, 0.1) is 26.4 Å². The summed E-state index contributed by atoms with van der Waals surface area (Å²) in [6.45, 7) is 2.60. The molecule has 0 aromatic carbocycles. The standard InChI is InChI=1S/C19H36O12/c1-3-19(4-2,7-28-17-15(26)13(24)11(22)9(5-20)30-17)8-29-18-16(27)14(25)12(23)10(6-21)31-18/h9-18,20-27H,3-8H2,1-2H3/t9?,10?,11-,12-,13+,14+,15?,16?,17-,18-/m0/s1. The van der Waals surface area contributed by atoms with E-state index in [-0.39, 0.29) is 13.2 Å². The van der Waals surface area contributed by atoms with Gasteiger partial charge in [-0.05, 0) is 12.8 Å². The third kappa shape index (κ3) is 5.91. The minimum atomic E-state index is -1.56. The molecule has 0 radical (unpaired) electrons. The van der Waals surface area contributed by atoms with Crippen molar-refractivity contribution in [1.82, 2.24) is 0 Å². The average Bonchev–Trinajstić information content (AvgIpc) is 2.78. The van der Waals surface area contributed by atoms with E-state index < -0.39 is 80.0 Å². The van der Waals surface area contributed by atoms with E-state index >= 15 is 0 Å². The Bertz CT molecular complexity index is 486. The van der Waals surface area contributed by atoms with E-state index in [1.165, 1.54) is 0 Å². The van der Waals surface area contributed by atoms with Crippen LogP contribution in [0.4, 0.5) is 0 Å². The van der Waals surface area contributed by atoms with Gasteiger partial charge in [0.2, 0.25) is 0 Å². The molecule has 10 atom stereocenters. The van der Waals surface area contributed by atoms with Crippen molar-refractivity contribution in [3.8, 4) is 0 Å². The highest BCUT2D eigenvalue weighted by Gasteiger charge is 2.46. The van der Waals surface area contributed by atoms with Crippen molar-refractivity contribution in [2.45, 2.75) is 88.1 Å². The number of aliphatic hydroxyl groups excluding tert-OH is 8. The number of hydrogen-bond acceptors (Lipinski definition) is 12. The summed E-state index contributed by atoms with van der Waals surface area (Å²) in [5.41, 5.74) is -0.641. The summed E-state index contributed by atoms with van der Waals surface area (Å²) in [4.78, 5) is 0. The Kier molecular flexibility index (Phi) is 10.0. The number of hydrogen-bond donors (Lipinski definition) is 8. The molecule has 0 aliphatic carbocycles. The highest BCUT2D eigenvalue weighted by Crippen LogP contribution is 2.32. The van der Waals surface area contributed by atoms with Crippen LogP contribution in [0.1, 0.15) is 26.7 Å². The molecule has 0 aromatic heterocycles. The van der Waals surface area contributed by atoms with Gasteiger partial charge < -0.3 is 59.8 Å². The molecule has 0 aromatic rings. The zero-order chi connectivity index (χ0) is 23.3. The fourth-order valence-electron chi connectivity index (χ4n) is 3.63. The highest BCUT2D eigenvalue weighted by molar-refractivity contribution is 4.91. The summed E-state index contributed by atoms with van der Waals surface area (Å²) >= 11 is 0. The molecule has 0 bridgehead atoms. The summed E-state index contributed by atoms with van der Waals surface area (Å²) in [6, 6.07) is 0. The van der Waals surface area contributed by atoms with Crippen LogP contribution in [0.25, 0.3) is 0 Å². The molecule has 31 heavy (non-hydrogen) atoms. The second-order valence-corrected chi connectivity index (χ2v) is 8.22. The van der Waals surface area contributed by atoms with Crippen molar-refractivity contribution in [2.75, 3.05) is 26.4 Å². The molecule has 2 aliphatic heterocycles. The van der Waals surface area contributed by atoms with Crippen LogP contribution in [-0.2, 0) is 18.9 Å². The minimum absolute atomic E-state index is 0.000112. The van der Waals surface area contributed by atoms with Crippen molar-refractivity contribution in [3.63, 3.8) is 0 Å².